The molecule has 112 heavy (non-hydrogen) atoms. The molecule has 0 saturated carbocycles. The number of benzene rings is 16. The number of hydrogen-bond donors (Lipinski definition) is 0. The van der Waals surface area contributed by atoms with Gasteiger partial charge >= 0.3 is 0 Å². The van der Waals surface area contributed by atoms with E-state index in [1.54, 1.807) is 0 Å². The van der Waals surface area contributed by atoms with E-state index in [1.807, 2.05) is 78.9 Å². The van der Waals surface area contributed by atoms with Crippen LogP contribution < -0.4 is 9.47 Å². The number of nitrogens with zero attached hydrogens (tertiary/aromatic N) is 6. The second kappa shape index (κ2) is 25.9. The Morgan fingerprint density at radius 2 is 0.402 bits per heavy atom. The van der Waals surface area contributed by atoms with Crippen molar-refractivity contribution in [2.45, 2.75) is 10.8 Å². The third-order valence-electron chi connectivity index (χ3n) is 23.0. The molecule has 0 bridgehead atoms. The van der Waals surface area contributed by atoms with E-state index in [4.69, 9.17) is 39.4 Å². The highest BCUT2D eigenvalue weighted by atomic mass is 16.5. The lowest BCUT2D eigenvalue weighted by Gasteiger charge is -2.40. The Morgan fingerprint density at radius 3 is 0.848 bits per heavy atom. The van der Waals surface area contributed by atoms with Crippen LogP contribution in [0.25, 0.3) is 146 Å². The van der Waals surface area contributed by atoms with Crippen LogP contribution in [-0.4, -0.2) is 29.9 Å². The minimum absolute atomic E-state index is 0.567. The molecule has 18 aromatic rings. The second-order valence-corrected chi connectivity index (χ2v) is 29.0. The normalized spacial score (nSPS) is 13.1. The van der Waals surface area contributed by atoms with E-state index in [1.165, 1.54) is 44.5 Å². The van der Waals surface area contributed by atoms with Crippen LogP contribution >= 0.6 is 0 Å². The maximum atomic E-state index is 7.21. The van der Waals surface area contributed by atoms with Crippen molar-refractivity contribution in [3.63, 3.8) is 0 Å². The van der Waals surface area contributed by atoms with Gasteiger partial charge < -0.3 is 9.47 Å². The largest absolute Gasteiger partial charge is 0.457 e. The number of para-hydroxylation sites is 1. The van der Waals surface area contributed by atoms with Crippen LogP contribution in [-0.2, 0) is 10.8 Å². The van der Waals surface area contributed by atoms with Gasteiger partial charge in [-0.3, -0.25) is 0 Å². The molecular weight excluding hydrogens is 1370 g/mol. The first-order valence-corrected chi connectivity index (χ1v) is 38.0. The Labute approximate surface area is 648 Å². The summed E-state index contributed by atoms with van der Waals surface area (Å²) in [6.45, 7) is 0. The highest BCUT2D eigenvalue weighted by Gasteiger charge is 2.53. The third kappa shape index (κ3) is 10.2. The number of rotatable bonds is 11. The fourth-order valence-corrected chi connectivity index (χ4v) is 18.1. The lowest BCUT2D eigenvalue weighted by molar-refractivity contribution is 0.436. The Bertz CT molecular complexity index is 6690. The summed E-state index contributed by atoms with van der Waals surface area (Å²) in [6, 6.07) is 138. The van der Waals surface area contributed by atoms with Crippen molar-refractivity contribution in [3.05, 3.63) is 433 Å². The first kappa shape index (κ1) is 64.3. The minimum atomic E-state index is -0.778. The van der Waals surface area contributed by atoms with Crippen LogP contribution in [0, 0.1) is 0 Å². The van der Waals surface area contributed by atoms with Crippen molar-refractivity contribution >= 4 is 0 Å². The average Bonchev–Trinajstić information content (AvgIpc) is 1.47. The average molecular weight is 1430 g/mol. The molecule has 522 valence electrons. The van der Waals surface area contributed by atoms with Crippen molar-refractivity contribution < 1.29 is 9.47 Å². The molecule has 8 nitrogen and oxygen atoms in total. The van der Waals surface area contributed by atoms with Gasteiger partial charge in [-0.25, -0.2) is 29.9 Å². The van der Waals surface area contributed by atoms with Gasteiger partial charge in [-0.15, -0.1) is 0 Å². The van der Waals surface area contributed by atoms with Gasteiger partial charge in [-0.1, -0.05) is 340 Å². The van der Waals surface area contributed by atoms with Crippen LogP contribution in [0.2, 0.25) is 0 Å². The molecule has 0 unspecified atom stereocenters. The molecular formula is C104H64N6O2. The molecule has 0 N–H and O–H groups in total. The molecule has 0 saturated heterocycles. The van der Waals surface area contributed by atoms with Crippen molar-refractivity contribution in [3.8, 4) is 169 Å². The third-order valence-corrected chi connectivity index (χ3v) is 23.0. The Hall–Kier alpha value is -14.9. The lowest BCUT2D eigenvalue weighted by atomic mass is 9.65. The molecule has 0 radical (unpaired) electrons. The predicted molar refractivity (Wildman–Crippen MR) is 448 cm³/mol. The van der Waals surface area contributed by atoms with Gasteiger partial charge in [-0.05, 0) is 149 Å². The van der Waals surface area contributed by atoms with Gasteiger partial charge in [0.25, 0.3) is 0 Å². The summed E-state index contributed by atoms with van der Waals surface area (Å²) in [5.74, 6) is 6.85. The van der Waals surface area contributed by atoms with Gasteiger partial charge in [0, 0.05) is 55.6 Å². The van der Waals surface area contributed by atoms with Crippen LogP contribution in [0.5, 0.6) is 23.0 Å². The molecule has 4 heterocycles. The SMILES string of the molecule is c1ccc(-c2nc(-c3ccc(-c4ccc5c(c4)C4(c6cc(-c7ccccc7-c7ccccc7-c7nc(-c8ccccc8)nc(-c8ccccc8)n7)ccc6O5)c5ccccc5-c5ccccc54)cc3)nc(-c3cccc(-c4ccccc4-c4ccc5c(c4)C4(c6ccccc6O5)c5ccccc5-c5ccccc54)c3)n2)cc1. The highest BCUT2D eigenvalue weighted by molar-refractivity contribution is 5.96. The summed E-state index contributed by atoms with van der Waals surface area (Å²) >= 11 is 0. The van der Waals surface area contributed by atoms with Crippen molar-refractivity contribution in [1.29, 1.82) is 0 Å². The molecule has 2 spiro atoms. The van der Waals surface area contributed by atoms with E-state index in [0.29, 0.717) is 34.9 Å². The number of ether oxygens (including phenoxy) is 2. The molecule has 4 aliphatic rings. The van der Waals surface area contributed by atoms with Gasteiger partial charge in [0.1, 0.15) is 23.0 Å². The summed E-state index contributed by atoms with van der Waals surface area (Å²) in [4.78, 5) is 31.4. The Kier molecular flexibility index (Phi) is 14.9. The van der Waals surface area contributed by atoms with E-state index >= 15 is 0 Å². The molecule has 0 amide bonds. The highest BCUT2D eigenvalue weighted by Crippen LogP contribution is 2.65. The van der Waals surface area contributed by atoms with E-state index < -0.39 is 10.8 Å². The molecule has 8 heteroatoms. The molecule has 2 aromatic heterocycles. The van der Waals surface area contributed by atoms with E-state index in [9.17, 15) is 0 Å². The Balaban J connectivity index is 0.627. The minimum Gasteiger partial charge on any atom is -0.457 e. The maximum Gasteiger partial charge on any atom is 0.164 e. The predicted octanol–water partition coefficient (Wildman–Crippen LogP) is 25.3. The van der Waals surface area contributed by atoms with Gasteiger partial charge in [0.15, 0.2) is 34.9 Å². The summed E-state index contributed by atoms with van der Waals surface area (Å²) < 4.78 is 14.1. The van der Waals surface area contributed by atoms with Gasteiger partial charge in [-0.2, -0.15) is 0 Å². The summed E-state index contributed by atoms with van der Waals surface area (Å²) in [5, 5.41) is 0. The first-order chi connectivity index (χ1) is 55.5. The van der Waals surface area contributed by atoms with Crippen LogP contribution in [0.15, 0.2) is 388 Å². The zero-order valence-corrected chi connectivity index (χ0v) is 60.5. The van der Waals surface area contributed by atoms with Crippen LogP contribution in [0.4, 0.5) is 0 Å². The quantitative estimate of drug-likeness (QED) is 0.126. The zero-order chi connectivity index (χ0) is 73.9. The molecule has 0 atom stereocenters. The first-order valence-electron chi connectivity index (χ1n) is 38.0. The van der Waals surface area contributed by atoms with E-state index in [2.05, 4.69) is 309 Å². The zero-order valence-electron chi connectivity index (χ0n) is 60.5. The van der Waals surface area contributed by atoms with Crippen LogP contribution in [0.1, 0.15) is 44.5 Å². The van der Waals surface area contributed by atoms with E-state index in [0.717, 1.165) is 134 Å². The number of aromatic nitrogens is 6. The number of fused-ring (bicyclic) bond motifs is 18. The van der Waals surface area contributed by atoms with E-state index in [-0.39, 0.29) is 0 Å². The molecule has 2 aliphatic heterocycles. The molecule has 0 fully saturated rings. The molecule has 16 aromatic carbocycles. The molecule has 22 rings (SSSR count). The summed E-state index contributed by atoms with van der Waals surface area (Å²) in [7, 11) is 0. The monoisotopic (exact) mass is 1430 g/mol. The summed E-state index contributed by atoms with van der Waals surface area (Å²) in [5.41, 5.74) is 28.7. The van der Waals surface area contributed by atoms with Crippen molar-refractivity contribution in [2.75, 3.05) is 0 Å². The standard InChI is InChI=1S/C104H64N6O2/c1-4-27-66(28-5-1)97-105-100(108-101(107-97)74-34-26-33-71(61-74)75-35-10-11-36-76(75)72-56-59-95-91(63-72)103(89-49-24-25-50-93(89)111-95)85-45-20-16-40-80(85)81-41-17-21-46-86(81)103)69-53-51-65(52-54-69)70-55-58-94-90(62-70)104(87-47-22-18-42-82(87)83-43-19-23-48-88(83)104)92-64-73(57-60-96(92)112-94)77-37-12-13-38-78(77)79-39-14-15-44-84(79)102-109-98(67-29-6-2-7-30-67)106-99(110-102)68-31-8-3-9-32-68/h1-64H. The lowest BCUT2D eigenvalue weighted by Crippen LogP contribution is -2.32. The second-order valence-electron chi connectivity index (χ2n) is 29.0. The van der Waals surface area contributed by atoms with Crippen molar-refractivity contribution in [1.82, 2.24) is 29.9 Å². The fraction of sp³-hybridized carbons (Fsp3) is 0.0192. The molecule has 2 aliphatic carbocycles. The van der Waals surface area contributed by atoms with Crippen LogP contribution in [0.3, 0.4) is 0 Å². The topological polar surface area (TPSA) is 95.8 Å². The maximum absolute atomic E-state index is 7.21. The summed E-state index contributed by atoms with van der Waals surface area (Å²) in [6.07, 6.45) is 0. The smallest absolute Gasteiger partial charge is 0.164 e. The Morgan fingerprint density at radius 1 is 0.143 bits per heavy atom. The van der Waals surface area contributed by atoms with Crippen molar-refractivity contribution in [2.24, 2.45) is 0 Å². The van der Waals surface area contributed by atoms with Gasteiger partial charge in [0.05, 0.1) is 10.8 Å². The number of hydrogen-bond acceptors (Lipinski definition) is 8. The van der Waals surface area contributed by atoms with Gasteiger partial charge in [0.2, 0.25) is 0 Å². The fourth-order valence-electron chi connectivity index (χ4n) is 18.1.